The highest BCUT2D eigenvalue weighted by Crippen LogP contribution is 2.37. The Morgan fingerprint density at radius 3 is 2.50 bits per heavy atom. The largest absolute Gasteiger partial charge is 0.493 e. The fraction of sp³-hybridized carbons (Fsp3) is 0.360. The van der Waals surface area contributed by atoms with Gasteiger partial charge in [-0.3, -0.25) is 9.69 Å². The van der Waals surface area contributed by atoms with Crippen molar-refractivity contribution in [2.75, 3.05) is 27.4 Å². The van der Waals surface area contributed by atoms with Gasteiger partial charge < -0.3 is 14.2 Å². The van der Waals surface area contributed by atoms with E-state index in [0.717, 1.165) is 17.7 Å². The van der Waals surface area contributed by atoms with Gasteiger partial charge in [-0.25, -0.2) is 0 Å². The van der Waals surface area contributed by atoms with Crippen LogP contribution in [-0.2, 0) is 4.79 Å². The van der Waals surface area contributed by atoms with E-state index in [1.807, 2.05) is 36.4 Å². The van der Waals surface area contributed by atoms with E-state index in [0.29, 0.717) is 46.3 Å². The van der Waals surface area contributed by atoms with Crippen LogP contribution in [-0.4, -0.2) is 42.5 Å². The van der Waals surface area contributed by atoms with Crippen molar-refractivity contribution in [3.05, 3.63) is 58.5 Å². The maximum Gasteiger partial charge on any atom is 0.265 e. The van der Waals surface area contributed by atoms with Crippen molar-refractivity contribution in [1.29, 1.82) is 0 Å². The van der Waals surface area contributed by atoms with Gasteiger partial charge in [0.15, 0.2) is 11.5 Å². The molecule has 32 heavy (non-hydrogen) atoms. The van der Waals surface area contributed by atoms with Crippen LogP contribution in [0.3, 0.4) is 0 Å². The molecule has 0 spiro atoms. The van der Waals surface area contributed by atoms with Gasteiger partial charge in [0.25, 0.3) is 5.91 Å². The summed E-state index contributed by atoms with van der Waals surface area (Å²) in [5, 5.41) is 0. The Labute approximate surface area is 199 Å². The molecule has 3 rings (SSSR count). The number of ether oxygens (including phenoxy) is 3. The van der Waals surface area contributed by atoms with Gasteiger partial charge in [0, 0.05) is 19.0 Å². The van der Waals surface area contributed by atoms with E-state index < -0.39 is 0 Å². The van der Waals surface area contributed by atoms with Crippen LogP contribution in [0.2, 0.25) is 0 Å². The van der Waals surface area contributed by atoms with E-state index in [2.05, 4.69) is 19.9 Å². The molecular formula is C25H29NO4S2. The summed E-state index contributed by atoms with van der Waals surface area (Å²) in [5.74, 6) is 2.50. The molecular weight excluding hydrogens is 442 g/mol. The second-order valence-corrected chi connectivity index (χ2v) is 9.19. The fourth-order valence-corrected chi connectivity index (χ4v) is 4.47. The van der Waals surface area contributed by atoms with E-state index in [1.165, 1.54) is 22.2 Å². The predicted molar refractivity (Wildman–Crippen MR) is 135 cm³/mol. The maximum absolute atomic E-state index is 12.4. The van der Waals surface area contributed by atoms with Gasteiger partial charge in [0.05, 0.1) is 25.2 Å². The molecule has 1 heterocycles. The van der Waals surface area contributed by atoms with Crippen molar-refractivity contribution in [3.8, 4) is 17.2 Å². The van der Waals surface area contributed by atoms with Gasteiger partial charge in [-0.15, -0.1) is 0 Å². The molecule has 1 atom stereocenters. The summed E-state index contributed by atoms with van der Waals surface area (Å²) in [5.41, 5.74) is 2.01. The van der Waals surface area contributed by atoms with E-state index in [4.69, 9.17) is 26.4 Å². The first kappa shape index (κ1) is 24.1. The number of rotatable bonds is 10. The van der Waals surface area contributed by atoms with Crippen molar-refractivity contribution in [1.82, 2.24) is 4.90 Å². The van der Waals surface area contributed by atoms with Crippen molar-refractivity contribution in [3.63, 3.8) is 0 Å². The zero-order valence-corrected chi connectivity index (χ0v) is 20.6. The standard InChI is InChI=1S/C25H29NO4S2/c1-5-17(2)19-11-6-7-12-20(19)29-14-9-15-30-23-18(10-8-13-21(23)28-4)16-22-24(27)26(3)25(31)32-22/h6-8,10-13,16-17H,5,9,14-15H2,1-4H3. The highest BCUT2D eigenvalue weighted by atomic mass is 32.2. The van der Waals surface area contributed by atoms with Crippen LogP contribution in [0.1, 0.15) is 43.7 Å². The molecule has 2 aromatic carbocycles. The monoisotopic (exact) mass is 471 g/mol. The van der Waals surface area contributed by atoms with Gasteiger partial charge in [-0.05, 0) is 36.1 Å². The number of hydrogen-bond donors (Lipinski definition) is 0. The number of carbonyl (C=O) groups is 1. The number of hydrogen-bond acceptors (Lipinski definition) is 6. The Balaban J connectivity index is 1.65. The molecule has 0 aromatic heterocycles. The average Bonchev–Trinajstić information content (AvgIpc) is 3.05. The Morgan fingerprint density at radius 1 is 1.09 bits per heavy atom. The Kier molecular flexibility index (Phi) is 8.59. The normalized spacial score (nSPS) is 15.9. The van der Waals surface area contributed by atoms with Crippen LogP contribution >= 0.6 is 24.0 Å². The van der Waals surface area contributed by atoms with E-state index in [9.17, 15) is 4.79 Å². The number of nitrogens with zero attached hydrogens (tertiary/aromatic N) is 1. The molecule has 0 radical (unpaired) electrons. The minimum absolute atomic E-state index is 0.109. The summed E-state index contributed by atoms with van der Waals surface area (Å²) in [7, 11) is 3.29. The first-order valence-electron chi connectivity index (χ1n) is 10.7. The van der Waals surface area contributed by atoms with Crippen molar-refractivity contribution in [2.24, 2.45) is 0 Å². The van der Waals surface area contributed by atoms with Gasteiger partial charge in [0.1, 0.15) is 10.1 Å². The molecule has 1 aliphatic heterocycles. The fourth-order valence-electron chi connectivity index (χ4n) is 3.30. The lowest BCUT2D eigenvalue weighted by Gasteiger charge is -2.16. The molecule has 0 saturated carbocycles. The quantitative estimate of drug-likeness (QED) is 0.245. The smallest absolute Gasteiger partial charge is 0.265 e. The minimum Gasteiger partial charge on any atom is -0.493 e. The van der Waals surface area contributed by atoms with Crippen LogP contribution in [0.25, 0.3) is 6.08 Å². The number of carbonyl (C=O) groups excluding carboxylic acids is 1. The van der Waals surface area contributed by atoms with Gasteiger partial charge >= 0.3 is 0 Å². The predicted octanol–water partition coefficient (Wildman–Crippen LogP) is 5.89. The highest BCUT2D eigenvalue weighted by molar-refractivity contribution is 8.26. The molecule has 1 amide bonds. The first-order valence-corrected chi connectivity index (χ1v) is 11.9. The average molecular weight is 472 g/mol. The third-order valence-electron chi connectivity index (χ3n) is 5.36. The SMILES string of the molecule is CCC(C)c1ccccc1OCCCOc1c(C=C2SC(=S)N(C)C2=O)cccc1OC. The molecule has 170 valence electrons. The first-order chi connectivity index (χ1) is 15.5. The zero-order chi connectivity index (χ0) is 23.1. The molecule has 1 unspecified atom stereocenters. The number of likely N-dealkylation sites (N-methyl/N-ethyl adjacent to an activating group) is 1. The molecule has 2 aromatic rings. The van der Waals surface area contributed by atoms with Crippen molar-refractivity contribution >= 4 is 40.3 Å². The second-order valence-electron chi connectivity index (χ2n) is 7.52. The topological polar surface area (TPSA) is 48.0 Å². The highest BCUT2D eigenvalue weighted by Gasteiger charge is 2.29. The maximum atomic E-state index is 12.4. The van der Waals surface area contributed by atoms with Crippen molar-refractivity contribution in [2.45, 2.75) is 32.6 Å². The number of amides is 1. The summed E-state index contributed by atoms with van der Waals surface area (Å²) < 4.78 is 18.1. The Hall–Kier alpha value is -2.51. The number of para-hydroxylation sites is 2. The Bertz CT molecular complexity index is 1010. The summed E-state index contributed by atoms with van der Waals surface area (Å²) in [6, 6.07) is 13.8. The lowest BCUT2D eigenvalue weighted by atomic mass is 9.98. The summed E-state index contributed by atoms with van der Waals surface area (Å²) in [4.78, 5) is 14.4. The minimum atomic E-state index is -0.109. The third kappa shape index (κ3) is 5.64. The van der Waals surface area contributed by atoms with Crippen LogP contribution in [0.5, 0.6) is 17.2 Å². The van der Waals surface area contributed by atoms with Gasteiger partial charge in [-0.1, -0.05) is 68.2 Å². The molecule has 1 aliphatic rings. The van der Waals surface area contributed by atoms with Crippen LogP contribution < -0.4 is 14.2 Å². The zero-order valence-electron chi connectivity index (χ0n) is 18.9. The third-order valence-corrected chi connectivity index (χ3v) is 6.84. The van der Waals surface area contributed by atoms with E-state index >= 15 is 0 Å². The Morgan fingerprint density at radius 2 is 1.81 bits per heavy atom. The summed E-state index contributed by atoms with van der Waals surface area (Å²) >= 11 is 6.51. The second kappa shape index (κ2) is 11.4. The van der Waals surface area contributed by atoms with E-state index in [1.54, 1.807) is 20.2 Å². The number of benzene rings is 2. The molecule has 0 bridgehead atoms. The molecule has 0 N–H and O–H groups in total. The number of thiocarbonyl (C=S) groups is 1. The molecule has 0 aliphatic carbocycles. The lowest BCUT2D eigenvalue weighted by Crippen LogP contribution is -2.22. The summed E-state index contributed by atoms with van der Waals surface area (Å²) in [6.45, 7) is 5.40. The van der Waals surface area contributed by atoms with Crippen LogP contribution in [0, 0.1) is 0 Å². The summed E-state index contributed by atoms with van der Waals surface area (Å²) in [6.07, 6.45) is 3.58. The van der Waals surface area contributed by atoms with E-state index in [-0.39, 0.29) is 5.91 Å². The molecule has 1 fully saturated rings. The molecule has 5 nitrogen and oxygen atoms in total. The number of methoxy groups -OCH3 is 1. The molecule has 7 heteroatoms. The van der Waals surface area contributed by atoms with Crippen LogP contribution in [0.4, 0.5) is 0 Å². The number of thioether (sulfide) groups is 1. The van der Waals surface area contributed by atoms with Crippen LogP contribution in [0.15, 0.2) is 47.4 Å². The van der Waals surface area contributed by atoms with Gasteiger partial charge in [-0.2, -0.15) is 0 Å². The van der Waals surface area contributed by atoms with Crippen molar-refractivity contribution < 1.29 is 19.0 Å². The lowest BCUT2D eigenvalue weighted by molar-refractivity contribution is -0.121. The van der Waals surface area contributed by atoms with Gasteiger partial charge in [0.2, 0.25) is 0 Å². The molecule has 1 saturated heterocycles.